The van der Waals surface area contributed by atoms with Gasteiger partial charge in [-0.3, -0.25) is 19.3 Å². The summed E-state index contributed by atoms with van der Waals surface area (Å²) in [5.74, 6) is -2.71. The van der Waals surface area contributed by atoms with E-state index >= 15 is 0 Å². The largest absolute Gasteiger partial charge is 0.478 e. The fraction of sp³-hybridized carbons (Fsp3) is 0.300. The molecule has 0 bridgehead atoms. The molecule has 7 nitrogen and oxygen atoms in total. The molecule has 1 aromatic heterocycles. The molecule has 8 heteroatoms. The van der Waals surface area contributed by atoms with Gasteiger partial charge in [-0.05, 0) is 50.3 Å². The Bertz CT molecular complexity index is 991. The van der Waals surface area contributed by atoms with Crippen LogP contribution in [-0.2, 0) is 17.6 Å². The van der Waals surface area contributed by atoms with E-state index in [2.05, 4.69) is 5.32 Å². The fourth-order valence-electron chi connectivity index (χ4n) is 3.77. The Morgan fingerprint density at radius 2 is 1.71 bits per heavy atom. The number of thiophene rings is 1. The SMILES string of the molecule is CC(C(=O)Nc1sc2c(c1C(=O)O)CCCC2)N1C(=O)c2ccccc2C1=O. The Kier molecular flexibility index (Phi) is 4.50. The van der Waals surface area contributed by atoms with E-state index in [1.54, 1.807) is 24.3 Å². The van der Waals surface area contributed by atoms with Crippen LogP contribution in [0.1, 0.15) is 61.3 Å². The highest BCUT2D eigenvalue weighted by Crippen LogP contribution is 2.38. The van der Waals surface area contributed by atoms with Crippen LogP contribution in [0.4, 0.5) is 5.00 Å². The number of carbonyl (C=O) groups excluding carboxylic acids is 3. The molecule has 1 aliphatic carbocycles. The number of hydrogen-bond donors (Lipinski definition) is 2. The number of nitrogens with zero attached hydrogens (tertiary/aromatic N) is 1. The Morgan fingerprint density at radius 1 is 1.11 bits per heavy atom. The van der Waals surface area contributed by atoms with Crippen molar-refractivity contribution in [2.75, 3.05) is 5.32 Å². The summed E-state index contributed by atoms with van der Waals surface area (Å²) in [6, 6.07) is 5.36. The highest BCUT2D eigenvalue weighted by molar-refractivity contribution is 7.17. The molecule has 1 atom stereocenters. The van der Waals surface area contributed by atoms with Gasteiger partial charge in [-0.15, -0.1) is 11.3 Å². The molecule has 0 fully saturated rings. The average Bonchev–Trinajstić information content (AvgIpc) is 3.16. The highest BCUT2D eigenvalue weighted by atomic mass is 32.1. The highest BCUT2D eigenvalue weighted by Gasteiger charge is 2.41. The lowest BCUT2D eigenvalue weighted by Crippen LogP contribution is -2.45. The van der Waals surface area contributed by atoms with Crippen LogP contribution in [0.5, 0.6) is 0 Å². The van der Waals surface area contributed by atoms with Crippen molar-refractivity contribution in [3.63, 3.8) is 0 Å². The van der Waals surface area contributed by atoms with Crippen molar-refractivity contribution in [3.8, 4) is 0 Å². The number of hydrogen-bond acceptors (Lipinski definition) is 5. The maximum absolute atomic E-state index is 12.8. The summed E-state index contributed by atoms with van der Waals surface area (Å²) < 4.78 is 0. The third-order valence-electron chi connectivity index (χ3n) is 5.21. The van der Waals surface area contributed by atoms with E-state index in [4.69, 9.17) is 0 Å². The molecule has 2 aromatic rings. The zero-order valence-electron chi connectivity index (χ0n) is 15.2. The van der Waals surface area contributed by atoms with Crippen molar-refractivity contribution in [1.29, 1.82) is 0 Å². The molecule has 0 spiro atoms. The van der Waals surface area contributed by atoms with E-state index < -0.39 is 29.7 Å². The van der Waals surface area contributed by atoms with Crippen LogP contribution in [0.2, 0.25) is 0 Å². The summed E-state index contributed by atoms with van der Waals surface area (Å²) in [5.41, 5.74) is 1.45. The number of fused-ring (bicyclic) bond motifs is 2. The Labute approximate surface area is 165 Å². The Hall–Kier alpha value is -3.00. The van der Waals surface area contributed by atoms with Crippen LogP contribution in [-0.4, -0.2) is 39.7 Å². The molecule has 1 unspecified atom stereocenters. The van der Waals surface area contributed by atoms with Crippen molar-refractivity contribution in [2.24, 2.45) is 0 Å². The Balaban J connectivity index is 1.60. The molecule has 28 heavy (non-hydrogen) atoms. The van der Waals surface area contributed by atoms with Crippen LogP contribution < -0.4 is 5.32 Å². The summed E-state index contributed by atoms with van der Waals surface area (Å²) in [7, 11) is 0. The number of amides is 3. The minimum absolute atomic E-state index is 0.127. The van der Waals surface area contributed by atoms with Gasteiger partial charge in [0, 0.05) is 4.88 Å². The first-order valence-electron chi connectivity index (χ1n) is 9.05. The molecule has 4 rings (SSSR count). The van der Waals surface area contributed by atoms with Gasteiger partial charge >= 0.3 is 5.97 Å². The zero-order chi connectivity index (χ0) is 20.0. The smallest absolute Gasteiger partial charge is 0.339 e. The second kappa shape index (κ2) is 6.87. The summed E-state index contributed by atoms with van der Waals surface area (Å²) in [4.78, 5) is 51.6. The predicted molar refractivity (Wildman–Crippen MR) is 103 cm³/mol. The lowest BCUT2D eigenvalue weighted by atomic mass is 9.95. The summed E-state index contributed by atoms with van der Waals surface area (Å²) >= 11 is 1.27. The van der Waals surface area contributed by atoms with Gasteiger partial charge in [-0.25, -0.2) is 4.79 Å². The molecule has 2 N–H and O–H groups in total. The lowest BCUT2D eigenvalue weighted by molar-refractivity contribution is -0.119. The van der Waals surface area contributed by atoms with Crippen LogP contribution in [0.15, 0.2) is 24.3 Å². The number of carbonyl (C=O) groups is 4. The first kappa shape index (κ1) is 18.4. The second-order valence-electron chi connectivity index (χ2n) is 6.91. The molecule has 3 amide bonds. The van der Waals surface area contributed by atoms with Crippen LogP contribution in [0.25, 0.3) is 0 Å². The number of carboxylic acid groups (broad SMARTS) is 1. The number of benzene rings is 1. The van der Waals surface area contributed by atoms with Gasteiger partial charge in [0.1, 0.15) is 11.0 Å². The van der Waals surface area contributed by atoms with Gasteiger partial charge in [0.2, 0.25) is 5.91 Å². The minimum Gasteiger partial charge on any atom is -0.478 e. The number of carboxylic acids is 1. The van der Waals surface area contributed by atoms with Gasteiger partial charge in [-0.1, -0.05) is 12.1 Å². The van der Waals surface area contributed by atoms with E-state index in [9.17, 15) is 24.3 Å². The lowest BCUT2D eigenvalue weighted by Gasteiger charge is -2.21. The predicted octanol–water partition coefficient (Wildman–Crippen LogP) is 2.95. The van der Waals surface area contributed by atoms with Gasteiger partial charge < -0.3 is 10.4 Å². The normalized spacial score (nSPS) is 16.5. The standard InChI is InChI=1S/C20H18N2O5S/c1-10(22-18(24)11-6-2-3-7-12(11)19(22)25)16(23)21-17-15(20(26)27)13-8-4-5-9-14(13)28-17/h2-3,6-7,10H,4-5,8-9H2,1H3,(H,21,23)(H,26,27). The maximum atomic E-state index is 12.8. The third-order valence-corrected chi connectivity index (χ3v) is 6.42. The molecule has 2 aliphatic rings. The summed E-state index contributed by atoms with van der Waals surface area (Å²) in [5, 5.41) is 12.5. The quantitative estimate of drug-likeness (QED) is 0.771. The Morgan fingerprint density at radius 3 is 2.32 bits per heavy atom. The number of aryl methyl sites for hydroxylation is 1. The van der Waals surface area contributed by atoms with E-state index in [-0.39, 0.29) is 21.7 Å². The molecule has 2 heterocycles. The fourth-order valence-corrected chi connectivity index (χ4v) is 5.06. The van der Waals surface area contributed by atoms with Gasteiger partial charge in [0.05, 0.1) is 16.7 Å². The van der Waals surface area contributed by atoms with E-state index in [0.717, 1.165) is 34.6 Å². The zero-order valence-corrected chi connectivity index (χ0v) is 16.0. The molecule has 0 saturated carbocycles. The van der Waals surface area contributed by atoms with E-state index in [1.807, 2.05) is 0 Å². The molecule has 1 aliphatic heterocycles. The topological polar surface area (TPSA) is 104 Å². The van der Waals surface area contributed by atoms with E-state index in [0.29, 0.717) is 6.42 Å². The van der Waals surface area contributed by atoms with E-state index in [1.165, 1.54) is 18.3 Å². The first-order chi connectivity index (χ1) is 13.4. The molecule has 0 radical (unpaired) electrons. The van der Waals surface area contributed by atoms with Crippen molar-refractivity contribution >= 4 is 40.0 Å². The van der Waals surface area contributed by atoms with Crippen LogP contribution >= 0.6 is 11.3 Å². The van der Waals surface area contributed by atoms with Crippen molar-refractivity contribution in [2.45, 2.75) is 38.6 Å². The average molecular weight is 398 g/mol. The van der Waals surface area contributed by atoms with Crippen LogP contribution in [0.3, 0.4) is 0 Å². The number of imide groups is 1. The minimum atomic E-state index is -1.08. The molecule has 0 saturated heterocycles. The van der Waals surface area contributed by atoms with Crippen LogP contribution in [0, 0.1) is 0 Å². The number of nitrogens with one attached hydrogen (secondary N) is 1. The number of rotatable bonds is 4. The van der Waals surface area contributed by atoms with Crippen molar-refractivity contribution < 1.29 is 24.3 Å². The third kappa shape index (κ3) is 2.80. The van der Waals surface area contributed by atoms with Crippen molar-refractivity contribution in [1.82, 2.24) is 4.90 Å². The number of aromatic carboxylic acids is 1. The van der Waals surface area contributed by atoms with Gasteiger partial charge in [-0.2, -0.15) is 0 Å². The molecular weight excluding hydrogens is 380 g/mol. The molecule has 1 aromatic carbocycles. The van der Waals surface area contributed by atoms with Gasteiger partial charge in [0.25, 0.3) is 11.8 Å². The second-order valence-corrected chi connectivity index (χ2v) is 8.02. The molecular formula is C20H18N2O5S. The first-order valence-corrected chi connectivity index (χ1v) is 9.87. The maximum Gasteiger partial charge on any atom is 0.339 e. The number of anilines is 1. The van der Waals surface area contributed by atoms with Gasteiger partial charge in [0.15, 0.2) is 0 Å². The monoisotopic (exact) mass is 398 g/mol. The van der Waals surface area contributed by atoms with Crippen molar-refractivity contribution in [3.05, 3.63) is 51.4 Å². The summed E-state index contributed by atoms with van der Waals surface area (Å²) in [6.07, 6.45) is 3.38. The molecule has 144 valence electrons. The summed E-state index contributed by atoms with van der Waals surface area (Å²) in [6.45, 7) is 1.46.